The molecule has 0 aliphatic rings. The summed E-state index contributed by atoms with van der Waals surface area (Å²) in [5.74, 6) is -2.34. The van der Waals surface area contributed by atoms with E-state index in [0.717, 1.165) is 0 Å². The minimum absolute atomic E-state index is 0.0126. The number of hydrogen-bond donors (Lipinski definition) is 2. The first kappa shape index (κ1) is 18.0. The van der Waals surface area contributed by atoms with Gasteiger partial charge in [0.25, 0.3) is 5.91 Å². The number of nitrogens with one attached hydrogen (secondary N) is 2. The van der Waals surface area contributed by atoms with Crippen molar-refractivity contribution >= 4 is 17.8 Å². The van der Waals surface area contributed by atoms with E-state index in [1.807, 2.05) is 0 Å². The minimum Gasteiger partial charge on any atom is -0.479 e. The van der Waals surface area contributed by atoms with Crippen LogP contribution in [0.2, 0.25) is 0 Å². The van der Waals surface area contributed by atoms with Gasteiger partial charge in [-0.3, -0.25) is 20.4 Å². The summed E-state index contributed by atoms with van der Waals surface area (Å²) in [7, 11) is 0. The second-order valence-corrected chi connectivity index (χ2v) is 4.80. The molecule has 25 heavy (non-hydrogen) atoms. The van der Waals surface area contributed by atoms with Crippen molar-refractivity contribution in [3.63, 3.8) is 0 Å². The van der Waals surface area contributed by atoms with Gasteiger partial charge in [-0.15, -0.1) is 0 Å². The number of hydrazine groups is 1. The Morgan fingerprint density at radius 2 is 1.88 bits per heavy atom. The normalized spacial score (nSPS) is 11.3. The number of hydrogen-bond acceptors (Lipinski definition) is 6. The average Bonchev–Trinajstić information content (AvgIpc) is 3.14. The first-order valence-corrected chi connectivity index (χ1v) is 7.17. The van der Waals surface area contributed by atoms with Crippen LogP contribution in [0.5, 0.6) is 5.75 Å². The van der Waals surface area contributed by atoms with Crippen molar-refractivity contribution in [1.29, 1.82) is 0 Å². The number of rotatable bonds is 6. The smallest absolute Gasteiger partial charge is 0.347 e. The molecule has 2 N–H and O–H groups in total. The molecule has 132 valence electrons. The van der Waals surface area contributed by atoms with Crippen molar-refractivity contribution in [1.82, 2.24) is 10.9 Å². The van der Waals surface area contributed by atoms with Crippen LogP contribution in [0.25, 0.3) is 0 Å². The first-order valence-electron chi connectivity index (χ1n) is 7.17. The molecule has 2 aromatic rings. The molecule has 1 atom stereocenters. The van der Waals surface area contributed by atoms with E-state index in [9.17, 15) is 18.8 Å². The number of furan rings is 1. The van der Waals surface area contributed by atoms with Crippen LogP contribution in [0, 0.1) is 5.82 Å². The van der Waals surface area contributed by atoms with Crippen molar-refractivity contribution in [3.05, 3.63) is 54.2 Å². The summed E-state index contributed by atoms with van der Waals surface area (Å²) in [6.07, 6.45) is 0.303. The van der Waals surface area contributed by atoms with Crippen LogP contribution in [0.15, 0.2) is 47.1 Å². The lowest BCUT2D eigenvalue weighted by Crippen LogP contribution is -2.44. The predicted molar refractivity (Wildman–Crippen MR) is 81.8 cm³/mol. The zero-order valence-corrected chi connectivity index (χ0v) is 13.2. The predicted octanol–water partition coefficient (Wildman–Crippen LogP) is 1.19. The zero-order chi connectivity index (χ0) is 18.2. The molecule has 0 saturated heterocycles. The highest BCUT2D eigenvalue weighted by molar-refractivity contribution is 5.93. The third-order valence-corrected chi connectivity index (χ3v) is 2.86. The van der Waals surface area contributed by atoms with Crippen molar-refractivity contribution in [3.8, 4) is 5.75 Å². The molecule has 0 aliphatic heterocycles. The summed E-state index contributed by atoms with van der Waals surface area (Å²) in [5, 5.41) is 0. The Morgan fingerprint density at radius 3 is 2.52 bits per heavy atom. The van der Waals surface area contributed by atoms with Gasteiger partial charge in [-0.25, -0.2) is 9.18 Å². The molecule has 1 heterocycles. The van der Waals surface area contributed by atoms with E-state index in [4.69, 9.17) is 13.9 Å². The van der Waals surface area contributed by atoms with Crippen LogP contribution in [0.1, 0.15) is 17.5 Å². The van der Waals surface area contributed by atoms with Gasteiger partial charge in [0, 0.05) is 0 Å². The molecule has 2 rings (SSSR count). The number of amides is 2. The molecule has 0 bridgehead atoms. The molecule has 0 unspecified atom stereocenters. The van der Waals surface area contributed by atoms with Gasteiger partial charge in [-0.1, -0.05) is 0 Å². The molecule has 8 nitrogen and oxygen atoms in total. The van der Waals surface area contributed by atoms with Crippen molar-refractivity contribution < 1.29 is 32.7 Å². The van der Waals surface area contributed by atoms with Gasteiger partial charge in [0.15, 0.2) is 18.5 Å². The Labute approximate surface area is 141 Å². The van der Waals surface area contributed by atoms with E-state index in [1.165, 1.54) is 49.6 Å². The van der Waals surface area contributed by atoms with Crippen molar-refractivity contribution in [2.75, 3.05) is 6.61 Å². The Kier molecular flexibility index (Phi) is 6.10. The summed E-state index contributed by atoms with van der Waals surface area (Å²) in [6.45, 7) is 0.802. The molecule has 0 radical (unpaired) electrons. The van der Waals surface area contributed by atoms with E-state index < -0.39 is 36.3 Å². The molecule has 0 saturated carbocycles. The average molecular weight is 350 g/mol. The third-order valence-electron chi connectivity index (χ3n) is 2.86. The fourth-order valence-electron chi connectivity index (χ4n) is 1.65. The van der Waals surface area contributed by atoms with Crippen LogP contribution < -0.4 is 15.6 Å². The number of carbonyl (C=O) groups is 3. The van der Waals surface area contributed by atoms with Gasteiger partial charge in [-0.2, -0.15) is 0 Å². The van der Waals surface area contributed by atoms with E-state index >= 15 is 0 Å². The SMILES string of the molecule is C[C@@H](Oc1ccc(F)cc1)C(=O)OCC(=O)NNC(=O)c1ccco1. The highest BCUT2D eigenvalue weighted by Gasteiger charge is 2.18. The van der Waals surface area contributed by atoms with Crippen LogP contribution in [0.3, 0.4) is 0 Å². The molecule has 9 heteroatoms. The maximum absolute atomic E-state index is 12.8. The Morgan fingerprint density at radius 1 is 1.16 bits per heavy atom. The molecule has 1 aromatic heterocycles. The summed E-state index contributed by atoms with van der Waals surface area (Å²) in [6, 6.07) is 8.01. The van der Waals surface area contributed by atoms with Crippen molar-refractivity contribution in [2.45, 2.75) is 13.0 Å². The van der Waals surface area contributed by atoms with Gasteiger partial charge in [0.1, 0.15) is 11.6 Å². The number of benzene rings is 1. The molecular weight excluding hydrogens is 335 g/mol. The molecule has 0 aliphatic carbocycles. The lowest BCUT2D eigenvalue weighted by atomic mass is 10.3. The Hall–Kier alpha value is -3.36. The second kappa shape index (κ2) is 8.48. The Balaban J connectivity index is 1.70. The standard InChI is InChI=1S/C16H15FN2O6/c1-10(25-12-6-4-11(17)5-7-12)16(22)24-9-14(20)18-19-15(21)13-3-2-8-23-13/h2-8,10H,9H2,1H3,(H,18,20)(H,19,21)/t10-/m1/s1. The molecule has 1 aromatic carbocycles. The van der Waals surface area contributed by atoms with Crippen LogP contribution >= 0.6 is 0 Å². The van der Waals surface area contributed by atoms with Crippen LogP contribution in [0.4, 0.5) is 4.39 Å². The molecular formula is C16H15FN2O6. The largest absolute Gasteiger partial charge is 0.479 e. The summed E-state index contributed by atoms with van der Waals surface area (Å²) in [5.41, 5.74) is 4.16. The topological polar surface area (TPSA) is 107 Å². The first-order chi connectivity index (χ1) is 12.0. The van der Waals surface area contributed by atoms with E-state index in [2.05, 4.69) is 10.9 Å². The van der Waals surface area contributed by atoms with Crippen LogP contribution in [-0.2, 0) is 14.3 Å². The van der Waals surface area contributed by atoms with E-state index in [1.54, 1.807) is 0 Å². The van der Waals surface area contributed by atoms with Gasteiger partial charge in [0.05, 0.1) is 6.26 Å². The Bertz CT molecular complexity index is 730. The molecule has 2 amide bonds. The molecule has 0 spiro atoms. The van der Waals surface area contributed by atoms with Gasteiger partial charge in [0.2, 0.25) is 0 Å². The quantitative estimate of drug-likeness (QED) is 0.599. The van der Waals surface area contributed by atoms with Crippen molar-refractivity contribution in [2.24, 2.45) is 0 Å². The van der Waals surface area contributed by atoms with Gasteiger partial charge in [-0.05, 0) is 43.3 Å². The summed E-state index contributed by atoms with van der Waals surface area (Å²) >= 11 is 0. The maximum atomic E-state index is 12.8. The van der Waals surface area contributed by atoms with Gasteiger partial charge < -0.3 is 13.9 Å². The highest BCUT2D eigenvalue weighted by Crippen LogP contribution is 2.13. The number of halogens is 1. The minimum atomic E-state index is -1.00. The number of ether oxygens (including phenoxy) is 2. The lowest BCUT2D eigenvalue weighted by Gasteiger charge is -2.14. The lowest BCUT2D eigenvalue weighted by molar-refractivity contribution is -0.154. The van der Waals surface area contributed by atoms with Crippen LogP contribution in [-0.4, -0.2) is 30.5 Å². The number of esters is 1. The summed E-state index contributed by atoms with van der Waals surface area (Å²) in [4.78, 5) is 34.8. The zero-order valence-electron chi connectivity index (χ0n) is 13.2. The maximum Gasteiger partial charge on any atom is 0.347 e. The van der Waals surface area contributed by atoms with E-state index in [-0.39, 0.29) is 11.5 Å². The monoisotopic (exact) mass is 350 g/mol. The second-order valence-electron chi connectivity index (χ2n) is 4.80. The number of carbonyl (C=O) groups excluding carboxylic acids is 3. The fourth-order valence-corrected chi connectivity index (χ4v) is 1.65. The van der Waals surface area contributed by atoms with Gasteiger partial charge >= 0.3 is 11.9 Å². The third kappa shape index (κ3) is 5.65. The fraction of sp³-hybridized carbons (Fsp3) is 0.188. The molecule has 0 fully saturated rings. The van der Waals surface area contributed by atoms with E-state index in [0.29, 0.717) is 0 Å². The highest BCUT2D eigenvalue weighted by atomic mass is 19.1. The summed E-state index contributed by atoms with van der Waals surface area (Å²) < 4.78 is 27.6.